The standard InChI is InChI=1S/C88H68BN3/c1-87(2,3)63-45-49-78(72(53-63)58-29-13-8-14-30-58)91-80-51-61(57-27-11-7-12-28-57)43-47-74(80)89-75-48-44-62(85-70-39-21-19-37-68(70)84(60-33-17-10-18-34-60)69-38-20-22-40-71(69)85)52-81(75)92(79-50-46-64(88(4,5)6)54-73(79)59-31-15-9-16-32-59)83-56-65(55-82(91)86(83)89)90-76-41-25-23-35-66(76)67-36-24-26-42-77(67)90/h7-56H,1-6H3. The number of hydrogen-bond donors (Lipinski definition) is 0. The molecule has 3 heterocycles. The van der Waals surface area contributed by atoms with E-state index in [2.05, 4.69) is 359 Å². The zero-order valence-electron chi connectivity index (χ0n) is 52.8. The van der Waals surface area contributed by atoms with Gasteiger partial charge in [0.2, 0.25) is 0 Å². The van der Waals surface area contributed by atoms with E-state index in [1.807, 2.05) is 0 Å². The summed E-state index contributed by atoms with van der Waals surface area (Å²) in [5.74, 6) is 0. The molecule has 0 saturated heterocycles. The third-order valence-corrected chi connectivity index (χ3v) is 19.7. The van der Waals surface area contributed by atoms with Crippen LogP contribution < -0.4 is 26.2 Å². The summed E-state index contributed by atoms with van der Waals surface area (Å²) >= 11 is 0. The van der Waals surface area contributed by atoms with Crippen LogP contribution in [0.4, 0.5) is 34.1 Å². The summed E-state index contributed by atoms with van der Waals surface area (Å²) in [6.45, 7) is 13.8. The second-order valence-corrected chi connectivity index (χ2v) is 27.2. The van der Waals surface area contributed by atoms with Crippen molar-refractivity contribution in [3.63, 3.8) is 0 Å². The maximum atomic E-state index is 2.67. The Labute approximate surface area is 539 Å². The molecule has 15 aromatic rings. The molecule has 438 valence electrons. The molecule has 3 nitrogen and oxygen atoms in total. The highest BCUT2D eigenvalue weighted by Crippen LogP contribution is 2.53. The summed E-state index contributed by atoms with van der Waals surface area (Å²) in [5, 5.41) is 7.36. The SMILES string of the molecule is CC(C)(C)c1ccc(N2c3cc(-c4ccccc4)ccc3B3c4ccc(-c5c6ccccc6c(-c6ccccc6)c6ccccc56)cc4N(c4ccc(C(C)(C)C)cc4-c4ccccc4)c4cc(-n5c6ccccc6c6ccccc65)cc2c43)c(-c2ccccc2)c1. The molecule has 0 aliphatic carbocycles. The fourth-order valence-electron chi connectivity index (χ4n) is 15.2. The van der Waals surface area contributed by atoms with Gasteiger partial charge in [0.25, 0.3) is 6.71 Å². The number of rotatable bonds is 8. The van der Waals surface area contributed by atoms with Gasteiger partial charge in [-0.05, 0) is 165 Å². The summed E-state index contributed by atoms with van der Waals surface area (Å²) in [6.07, 6.45) is 0. The summed E-state index contributed by atoms with van der Waals surface area (Å²) in [5.41, 5.74) is 28.3. The second-order valence-electron chi connectivity index (χ2n) is 27.2. The first-order valence-electron chi connectivity index (χ1n) is 32.4. The molecule has 0 fully saturated rings. The fraction of sp³-hybridized carbons (Fsp3) is 0.0909. The van der Waals surface area contributed by atoms with Crippen molar-refractivity contribution in [1.82, 2.24) is 4.57 Å². The lowest BCUT2D eigenvalue weighted by Crippen LogP contribution is -2.61. The van der Waals surface area contributed by atoms with Gasteiger partial charge in [-0.25, -0.2) is 0 Å². The predicted molar refractivity (Wildman–Crippen MR) is 394 cm³/mol. The highest BCUT2D eigenvalue weighted by molar-refractivity contribution is 7.00. The van der Waals surface area contributed by atoms with E-state index < -0.39 is 0 Å². The zero-order chi connectivity index (χ0) is 62.0. The van der Waals surface area contributed by atoms with Crippen LogP contribution in [0.1, 0.15) is 52.7 Å². The molecule has 17 rings (SSSR count). The van der Waals surface area contributed by atoms with Gasteiger partial charge in [-0.1, -0.05) is 284 Å². The number of para-hydroxylation sites is 2. The number of benzene rings is 14. The zero-order valence-corrected chi connectivity index (χ0v) is 52.8. The van der Waals surface area contributed by atoms with E-state index in [4.69, 9.17) is 0 Å². The molecule has 14 aromatic carbocycles. The molecule has 4 heteroatoms. The molecule has 0 unspecified atom stereocenters. The highest BCUT2D eigenvalue weighted by atomic mass is 15.2. The van der Waals surface area contributed by atoms with Crippen LogP contribution >= 0.6 is 0 Å². The van der Waals surface area contributed by atoms with Gasteiger partial charge in [-0.2, -0.15) is 0 Å². The predicted octanol–water partition coefficient (Wildman–Crippen LogP) is 22.1. The number of aromatic nitrogens is 1. The van der Waals surface area contributed by atoms with Crippen LogP contribution in [0.15, 0.2) is 303 Å². The van der Waals surface area contributed by atoms with Gasteiger partial charge < -0.3 is 14.4 Å². The Bertz CT molecular complexity index is 5310. The maximum Gasteiger partial charge on any atom is 0.252 e. The van der Waals surface area contributed by atoms with Crippen molar-refractivity contribution < 1.29 is 0 Å². The summed E-state index contributed by atoms with van der Waals surface area (Å²) in [7, 11) is 0. The summed E-state index contributed by atoms with van der Waals surface area (Å²) in [6, 6.07) is 115. The Kier molecular flexibility index (Phi) is 12.8. The molecule has 2 aliphatic rings. The van der Waals surface area contributed by atoms with E-state index in [1.54, 1.807) is 0 Å². The number of nitrogens with zero attached hydrogens (tertiary/aromatic N) is 3. The Morgan fingerprint density at radius 3 is 1.05 bits per heavy atom. The minimum absolute atomic E-state index is 0.104. The highest BCUT2D eigenvalue weighted by Gasteiger charge is 2.45. The van der Waals surface area contributed by atoms with Crippen molar-refractivity contribution in [2.45, 2.75) is 52.4 Å². The molecule has 2 aliphatic heterocycles. The van der Waals surface area contributed by atoms with Crippen LogP contribution in [0.25, 0.3) is 105 Å². The number of hydrogen-bond acceptors (Lipinski definition) is 2. The number of anilines is 6. The first-order valence-corrected chi connectivity index (χ1v) is 32.4. The van der Waals surface area contributed by atoms with Crippen LogP contribution in [0.5, 0.6) is 0 Å². The molecule has 0 atom stereocenters. The topological polar surface area (TPSA) is 11.4 Å². The lowest BCUT2D eigenvalue weighted by Gasteiger charge is -2.45. The van der Waals surface area contributed by atoms with Crippen LogP contribution in [0, 0.1) is 0 Å². The van der Waals surface area contributed by atoms with Crippen molar-refractivity contribution in [2.24, 2.45) is 0 Å². The van der Waals surface area contributed by atoms with Crippen molar-refractivity contribution in [3.8, 4) is 61.3 Å². The van der Waals surface area contributed by atoms with Gasteiger partial charge in [0.15, 0.2) is 0 Å². The van der Waals surface area contributed by atoms with Crippen LogP contribution in [0.2, 0.25) is 0 Å². The van der Waals surface area contributed by atoms with E-state index in [-0.39, 0.29) is 17.5 Å². The van der Waals surface area contributed by atoms with Gasteiger partial charge in [0.05, 0.1) is 28.1 Å². The number of fused-ring (bicyclic) bond motifs is 9. The summed E-state index contributed by atoms with van der Waals surface area (Å²) in [4.78, 5) is 5.32. The van der Waals surface area contributed by atoms with Gasteiger partial charge in [-0.3, -0.25) is 0 Å². The minimum atomic E-state index is -0.180. The Morgan fingerprint density at radius 2 is 0.620 bits per heavy atom. The molecule has 0 saturated carbocycles. The largest absolute Gasteiger partial charge is 0.311 e. The molecular formula is C88H68BN3. The van der Waals surface area contributed by atoms with Crippen molar-refractivity contribution >= 4 is 101 Å². The Hall–Kier alpha value is -10.9. The lowest BCUT2D eigenvalue weighted by atomic mass is 9.33. The molecule has 92 heavy (non-hydrogen) atoms. The second kappa shape index (κ2) is 21.4. The molecule has 0 amide bonds. The van der Waals surface area contributed by atoms with E-state index in [0.717, 1.165) is 50.8 Å². The maximum absolute atomic E-state index is 2.67. The average molecular weight is 1180 g/mol. The minimum Gasteiger partial charge on any atom is -0.311 e. The van der Waals surface area contributed by atoms with Crippen LogP contribution in [-0.2, 0) is 10.8 Å². The Balaban J connectivity index is 1.04. The van der Waals surface area contributed by atoms with Gasteiger partial charge in [-0.15, -0.1) is 0 Å². The molecule has 0 spiro atoms. The monoisotopic (exact) mass is 1180 g/mol. The van der Waals surface area contributed by atoms with Gasteiger partial charge in [0, 0.05) is 44.6 Å². The average Bonchev–Trinajstić information content (AvgIpc) is 0.812. The van der Waals surface area contributed by atoms with Crippen molar-refractivity contribution in [1.29, 1.82) is 0 Å². The van der Waals surface area contributed by atoms with Gasteiger partial charge in [0.1, 0.15) is 0 Å². The van der Waals surface area contributed by atoms with Crippen LogP contribution in [0.3, 0.4) is 0 Å². The van der Waals surface area contributed by atoms with Gasteiger partial charge >= 0.3 is 0 Å². The van der Waals surface area contributed by atoms with E-state index in [0.29, 0.717) is 0 Å². The fourth-order valence-corrected chi connectivity index (χ4v) is 15.2. The lowest BCUT2D eigenvalue weighted by molar-refractivity contribution is 0.590. The van der Waals surface area contributed by atoms with Crippen molar-refractivity contribution in [2.75, 3.05) is 9.80 Å². The molecule has 1 aromatic heterocycles. The Morgan fingerprint density at radius 1 is 0.261 bits per heavy atom. The molecule has 0 radical (unpaired) electrons. The molecular weight excluding hydrogens is 1110 g/mol. The molecule has 0 bridgehead atoms. The first-order chi connectivity index (χ1) is 44.9. The quantitative estimate of drug-likeness (QED) is 0.111. The van der Waals surface area contributed by atoms with Crippen molar-refractivity contribution in [3.05, 3.63) is 314 Å². The third-order valence-electron chi connectivity index (χ3n) is 19.7. The first kappa shape index (κ1) is 55.2. The van der Waals surface area contributed by atoms with Crippen LogP contribution in [-0.4, -0.2) is 11.3 Å². The smallest absolute Gasteiger partial charge is 0.252 e. The summed E-state index contributed by atoms with van der Waals surface area (Å²) < 4.78 is 2.53. The third kappa shape index (κ3) is 8.87. The normalized spacial score (nSPS) is 12.8. The van der Waals surface area contributed by atoms with E-state index >= 15 is 0 Å². The van der Waals surface area contributed by atoms with E-state index in [9.17, 15) is 0 Å². The molecule has 0 N–H and O–H groups in total. The van der Waals surface area contributed by atoms with E-state index in [1.165, 1.54) is 115 Å².